The van der Waals surface area contributed by atoms with Crippen LogP contribution in [0.1, 0.15) is 33.5 Å². The minimum atomic E-state index is -0.0453. The van der Waals surface area contributed by atoms with Gasteiger partial charge in [0.05, 0.1) is 0 Å². The molecule has 178 valence electrons. The fourth-order valence-corrected chi connectivity index (χ4v) is 4.54. The Morgan fingerprint density at radius 1 is 0.657 bits per heavy atom. The first kappa shape index (κ1) is 25.0. The van der Waals surface area contributed by atoms with Gasteiger partial charge in [-0.2, -0.15) is 0 Å². The summed E-state index contributed by atoms with van der Waals surface area (Å²) in [5.74, 6) is -0.0453. The standard InChI is InChI=1S/C30H28Cl2N2O/c31-28-17-24(18-29(32)19-28)21-33-20-23-11-13-26(14-12-23)30(35)34-15-5-7-22-6-4-10-27(16-22)25-8-2-1-3-9-25/h1-4,6,8-14,16-19,33H,5,7,15,20-21H2,(H,34,35). The Hall–Kier alpha value is -3.11. The average Bonchev–Trinajstić information content (AvgIpc) is 2.87. The molecule has 35 heavy (non-hydrogen) atoms. The van der Waals surface area contributed by atoms with Gasteiger partial charge in [-0.1, -0.05) is 89.9 Å². The van der Waals surface area contributed by atoms with E-state index >= 15 is 0 Å². The largest absolute Gasteiger partial charge is 0.352 e. The highest BCUT2D eigenvalue weighted by atomic mass is 35.5. The molecule has 5 heteroatoms. The molecule has 0 aliphatic carbocycles. The van der Waals surface area contributed by atoms with Crippen LogP contribution in [0.2, 0.25) is 10.0 Å². The zero-order chi connectivity index (χ0) is 24.5. The fraction of sp³-hybridized carbons (Fsp3) is 0.167. The van der Waals surface area contributed by atoms with Gasteiger partial charge in [0.1, 0.15) is 0 Å². The molecule has 0 radical (unpaired) electrons. The Kier molecular flexibility index (Phi) is 8.96. The van der Waals surface area contributed by atoms with Crippen LogP contribution in [-0.2, 0) is 19.5 Å². The van der Waals surface area contributed by atoms with Gasteiger partial charge in [0.2, 0.25) is 0 Å². The van der Waals surface area contributed by atoms with Gasteiger partial charge in [-0.15, -0.1) is 0 Å². The lowest BCUT2D eigenvalue weighted by Crippen LogP contribution is -2.24. The van der Waals surface area contributed by atoms with Crippen LogP contribution in [0.4, 0.5) is 0 Å². The van der Waals surface area contributed by atoms with Gasteiger partial charge in [-0.25, -0.2) is 0 Å². The first-order valence-corrected chi connectivity index (χ1v) is 12.5. The van der Waals surface area contributed by atoms with Crippen LogP contribution in [0.5, 0.6) is 0 Å². The summed E-state index contributed by atoms with van der Waals surface area (Å²) in [4.78, 5) is 12.5. The van der Waals surface area contributed by atoms with E-state index in [9.17, 15) is 4.79 Å². The predicted octanol–water partition coefficient (Wildman–Crippen LogP) is 7.31. The van der Waals surface area contributed by atoms with Gasteiger partial charge in [0.15, 0.2) is 0 Å². The number of nitrogens with one attached hydrogen (secondary N) is 2. The Bertz CT molecular complexity index is 1240. The quantitative estimate of drug-likeness (QED) is 0.223. The lowest BCUT2D eigenvalue weighted by atomic mass is 10.0. The van der Waals surface area contributed by atoms with Crippen molar-refractivity contribution in [3.8, 4) is 11.1 Å². The van der Waals surface area contributed by atoms with E-state index in [1.807, 2.05) is 42.5 Å². The fourth-order valence-electron chi connectivity index (χ4n) is 3.97. The molecule has 0 unspecified atom stereocenters. The van der Waals surface area contributed by atoms with Crippen molar-refractivity contribution < 1.29 is 4.79 Å². The van der Waals surface area contributed by atoms with Gasteiger partial charge in [-0.05, 0) is 71.0 Å². The first-order chi connectivity index (χ1) is 17.1. The molecule has 1 amide bonds. The lowest BCUT2D eigenvalue weighted by molar-refractivity contribution is 0.0953. The second-order valence-electron chi connectivity index (χ2n) is 8.50. The molecule has 3 nitrogen and oxygen atoms in total. The number of rotatable bonds is 10. The first-order valence-electron chi connectivity index (χ1n) is 11.7. The number of benzene rings is 4. The zero-order valence-electron chi connectivity index (χ0n) is 19.4. The van der Waals surface area contributed by atoms with Gasteiger partial charge < -0.3 is 10.6 Å². The van der Waals surface area contributed by atoms with Crippen LogP contribution in [0, 0.1) is 0 Å². The SMILES string of the molecule is O=C(NCCCc1cccc(-c2ccccc2)c1)c1ccc(CNCc2cc(Cl)cc(Cl)c2)cc1. The van der Waals surface area contributed by atoms with Crippen molar-refractivity contribution in [2.45, 2.75) is 25.9 Å². The Balaban J connectivity index is 1.20. The molecule has 0 heterocycles. The third-order valence-corrected chi connectivity index (χ3v) is 6.20. The average molecular weight is 503 g/mol. The van der Waals surface area contributed by atoms with Crippen LogP contribution in [-0.4, -0.2) is 12.5 Å². The molecule has 0 aliphatic heterocycles. The number of carbonyl (C=O) groups is 1. The van der Waals surface area contributed by atoms with Crippen molar-refractivity contribution in [3.05, 3.63) is 129 Å². The van der Waals surface area contributed by atoms with E-state index in [0.717, 1.165) is 24.0 Å². The van der Waals surface area contributed by atoms with Gasteiger partial charge in [0, 0.05) is 35.2 Å². The summed E-state index contributed by atoms with van der Waals surface area (Å²) in [7, 11) is 0. The maximum atomic E-state index is 12.5. The monoisotopic (exact) mass is 502 g/mol. The van der Waals surface area contributed by atoms with E-state index < -0.39 is 0 Å². The summed E-state index contributed by atoms with van der Waals surface area (Å²) in [6.07, 6.45) is 1.81. The number of aryl methyl sites for hydroxylation is 1. The van der Waals surface area contributed by atoms with Crippen LogP contribution in [0.3, 0.4) is 0 Å². The van der Waals surface area contributed by atoms with E-state index in [-0.39, 0.29) is 5.91 Å². The normalized spacial score (nSPS) is 10.8. The van der Waals surface area contributed by atoms with Crippen LogP contribution in [0.25, 0.3) is 11.1 Å². The molecule has 0 fully saturated rings. The molecule has 0 atom stereocenters. The third kappa shape index (κ3) is 7.69. The van der Waals surface area contributed by atoms with Crippen molar-refractivity contribution in [3.63, 3.8) is 0 Å². The van der Waals surface area contributed by atoms with Crippen LogP contribution in [0.15, 0.2) is 97.1 Å². The summed E-state index contributed by atoms with van der Waals surface area (Å²) in [6, 6.07) is 32.2. The van der Waals surface area contributed by atoms with Crippen molar-refractivity contribution in [1.82, 2.24) is 10.6 Å². The minimum absolute atomic E-state index is 0.0453. The molecule has 4 aromatic carbocycles. The molecule has 0 bridgehead atoms. The molecule has 0 saturated carbocycles. The van der Waals surface area contributed by atoms with E-state index in [1.165, 1.54) is 16.7 Å². The molecular weight excluding hydrogens is 475 g/mol. The highest BCUT2D eigenvalue weighted by Crippen LogP contribution is 2.21. The number of amides is 1. The molecule has 2 N–H and O–H groups in total. The Morgan fingerprint density at radius 2 is 1.34 bits per heavy atom. The van der Waals surface area contributed by atoms with E-state index in [4.69, 9.17) is 23.2 Å². The Labute approximate surface area is 217 Å². The van der Waals surface area contributed by atoms with E-state index in [0.29, 0.717) is 35.2 Å². The lowest BCUT2D eigenvalue weighted by Gasteiger charge is -2.09. The van der Waals surface area contributed by atoms with E-state index in [2.05, 4.69) is 59.2 Å². The third-order valence-electron chi connectivity index (χ3n) is 5.76. The molecule has 0 saturated heterocycles. The second-order valence-corrected chi connectivity index (χ2v) is 9.38. The zero-order valence-corrected chi connectivity index (χ0v) is 20.9. The maximum Gasteiger partial charge on any atom is 0.251 e. The van der Waals surface area contributed by atoms with Gasteiger partial charge in [0.25, 0.3) is 5.91 Å². The van der Waals surface area contributed by atoms with Crippen molar-refractivity contribution in [1.29, 1.82) is 0 Å². The van der Waals surface area contributed by atoms with Crippen molar-refractivity contribution in [2.24, 2.45) is 0 Å². The van der Waals surface area contributed by atoms with E-state index in [1.54, 1.807) is 6.07 Å². The predicted molar refractivity (Wildman–Crippen MR) is 146 cm³/mol. The summed E-state index contributed by atoms with van der Waals surface area (Å²) >= 11 is 12.1. The van der Waals surface area contributed by atoms with Crippen molar-refractivity contribution in [2.75, 3.05) is 6.54 Å². The molecule has 0 aliphatic rings. The summed E-state index contributed by atoms with van der Waals surface area (Å²) in [5, 5.41) is 7.67. The number of hydrogen-bond donors (Lipinski definition) is 2. The maximum absolute atomic E-state index is 12.5. The minimum Gasteiger partial charge on any atom is -0.352 e. The summed E-state index contributed by atoms with van der Waals surface area (Å²) < 4.78 is 0. The summed E-state index contributed by atoms with van der Waals surface area (Å²) in [6.45, 7) is 1.99. The Morgan fingerprint density at radius 3 is 2.09 bits per heavy atom. The smallest absolute Gasteiger partial charge is 0.251 e. The summed E-state index contributed by atoms with van der Waals surface area (Å²) in [5.41, 5.74) is 6.52. The highest BCUT2D eigenvalue weighted by Gasteiger charge is 2.06. The highest BCUT2D eigenvalue weighted by molar-refractivity contribution is 6.34. The molecular formula is C30H28Cl2N2O. The van der Waals surface area contributed by atoms with Crippen LogP contribution >= 0.6 is 23.2 Å². The van der Waals surface area contributed by atoms with Gasteiger partial charge in [-0.3, -0.25) is 4.79 Å². The number of carbonyl (C=O) groups excluding carboxylic acids is 1. The molecule has 4 aromatic rings. The van der Waals surface area contributed by atoms with Crippen LogP contribution < -0.4 is 10.6 Å². The molecule has 0 spiro atoms. The second kappa shape index (κ2) is 12.6. The molecule has 0 aromatic heterocycles. The number of hydrogen-bond acceptors (Lipinski definition) is 2. The van der Waals surface area contributed by atoms with Gasteiger partial charge >= 0.3 is 0 Å². The van der Waals surface area contributed by atoms with Crippen molar-refractivity contribution >= 4 is 29.1 Å². The topological polar surface area (TPSA) is 41.1 Å². The molecule has 4 rings (SSSR count). The number of halogens is 2.